The number of nitrogens with zero attached hydrogens (tertiary/aromatic N) is 3. The van der Waals surface area contributed by atoms with Crippen LogP contribution < -0.4 is 14.8 Å². The SMILES string of the molecule is CC(Oc1ccc(Oc2ncc(Cl)cc2F)cc1)C(=O)Nc1nc(Cl)ccc1[N+](=O)[O-]. The van der Waals surface area contributed by atoms with Gasteiger partial charge in [0, 0.05) is 12.3 Å². The molecule has 0 bridgehead atoms. The minimum atomic E-state index is -1.03. The minimum Gasteiger partial charge on any atom is -0.481 e. The van der Waals surface area contributed by atoms with Crippen LogP contribution in [-0.4, -0.2) is 26.9 Å². The Balaban J connectivity index is 1.64. The predicted octanol–water partition coefficient (Wildman–Crippen LogP) is 5.03. The molecule has 1 atom stereocenters. The van der Waals surface area contributed by atoms with Gasteiger partial charge in [0.25, 0.3) is 11.8 Å². The van der Waals surface area contributed by atoms with Crippen LogP contribution in [0, 0.1) is 15.9 Å². The fourth-order valence-corrected chi connectivity index (χ4v) is 2.61. The van der Waals surface area contributed by atoms with Gasteiger partial charge in [-0.15, -0.1) is 0 Å². The van der Waals surface area contributed by atoms with Crippen molar-refractivity contribution in [3.05, 3.63) is 74.8 Å². The molecule has 160 valence electrons. The third-order valence-corrected chi connectivity index (χ3v) is 4.19. The van der Waals surface area contributed by atoms with Gasteiger partial charge in [-0.2, -0.15) is 0 Å². The first kappa shape index (κ1) is 22.2. The van der Waals surface area contributed by atoms with Crippen LogP contribution in [0.25, 0.3) is 0 Å². The summed E-state index contributed by atoms with van der Waals surface area (Å²) in [7, 11) is 0. The average molecular weight is 467 g/mol. The summed E-state index contributed by atoms with van der Waals surface area (Å²) >= 11 is 11.4. The van der Waals surface area contributed by atoms with E-state index in [9.17, 15) is 19.3 Å². The van der Waals surface area contributed by atoms with Gasteiger partial charge < -0.3 is 14.8 Å². The number of ether oxygens (including phenoxy) is 2. The van der Waals surface area contributed by atoms with Gasteiger partial charge in [0.15, 0.2) is 11.9 Å². The minimum absolute atomic E-state index is 0.0170. The maximum Gasteiger partial charge on any atom is 0.311 e. The Hall–Kier alpha value is -3.50. The van der Waals surface area contributed by atoms with E-state index in [0.29, 0.717) is 5.75 Å². The van der Waals surface area contributed by atoms with E-state index < -0.39 is 28.4 Å². The highest BCUT2D eigenvalue weighted by molar-refractivity contribution is 6.30. The number of aromatic nitrogens is 2. The van der Waals surface area contributed by atoms with E-state index in [0.717, 1.165) is 12.1 Å². The molecule has 1 aromatic carbocycles. The number of nitrogens with one attached hydrogen (secondary N) is 1. The van der Waals surface area contributed by atoms with Gasteiger partial charge in [-0.3, -0.25) is 14.9 Å². The van der Waals surface area contributed by atoms with E-state index in [1.54, 1.807) is 0 Å². The lowest BCUT2D eigenvalue weighted by atomic mass is 10.3. The molecule has 1 N–H and O–H groups in total. The summed E-state index contributed by atoms with van der Waals surface area (Å²) in [5.41, 5.74) is -0.408. The summed E-state index contributed by atoms with van der Waals surface area (Å²) in [5.74, 6) is -1.36. The molecule has 2 aromatic heterocycles. The van der Waals surface area contributed by atoms with Gasteiger partial charge in [0.2, 0.25) is 5.82 Å². The van der Waals surface area contributed by atoms with Gasteiger partial charge in [-0.05, 0) is 43.3 Å². The van der Waals surface area contributed by atoms with Crippen molar-refractivity contribution in [2.45, 2.75) is 13.0 Å². The third-order valence-electron chi connectivity index (χ3n) is 3.77. The number of pyridine rings is 2. The molecule has 3 aromatic rings. The first-order valence-electron chi connectivity index (χ1n) is 8.60. The first-order valence-corrected chi connectivity index (χ1v) is 9.36. The molecule has 12 heteroatoms. The van der Waals surface area contributed by atoms with Crippen molar-refractivity contribution >= 4 is 40.6 Å². The van der Waals surface area contributed by atoms with E-state index >= 15 is 0 Å². The molecule has 0 radical (unpaired) electrons. The normalized spacial score (nSPS) is 11.5. The van der Waals surface area contributed by atoms with Crippen molar-refractivity contribution in [2.75, 3.05) is 5.32 Å². The molecule has 0 saturated heterocycles. The number of nitro groups is 1. The van der Waals surface area contributed by atoms with Crippen molar-refractivity contribution in [3.8, 4) is 17.4 Å². The first-order chi connectivity index (χ1) is 14.7. The van der Waals surface area contributed by atoms with E-state index in [2.05, 4.69) is 15.3 Å². The number of hydrogen-bond acceptors (Lipinski definition) is 7. The van der Waals surface area contributed by atoms with Gasteiger partial charge in [0.1, 0.15) is 16.7 Å². The summed E-state index contributed by atoms with van der Waals surface area (Å²) in [6, 6.07) is 9.40. The Morgan fingerprint density at radius 1 is 1.19 bits per heavy atom. The van der Waals surface area contributed by atoms with Crippen LogP contribution in [0.15, 0.2) is 48.7 Å². The van der Waals surface area contributed by atoms with Crippen molar-refractivity contribution in [1.82, 2.24) is 9.97 Å². The lowest BCUT2D eigenvalue weighted by molar-refractivity contribution is -0.384. The van der Waals surface area contributed by atoms with Gasteiger partial charge in [-0.25, -0.2) is 14.4 Å². The van der Waals surface area contributed by atoms with Crippen LogP contribution in [0.2, 0.25) is 10.2 Å². The summed E-state index contributed by atoms with van der Waals surface area (Å²) < 4.78 is 24.6. The summed E-state index contributed by atoms with van der Waals surface area (Å²) in [4.78, 5) is 30.2. The molecule has 0 aliphatic rings. The zero-order valence-electron chi connectivity index (χ0n) is 15.7. The highest BCUT2D eigenvalue weighted by Gasteiger charge is 2.22. The summed E-state index contributed by atoms with van der Waals surface area (Å²) in [6.45, 7) is 1.45. The Morgan fingerprint density at radius 3 is 2.52 bits per heavy atom. The highest BCUT2D eigenvalue weighted by Crippen LogP contribution is 2.27. The van der Waals surface area contributed by atoms with Gasteiger partial charge in [-0.1, -0.05) is 23.2 Å². The number of halogens is 3. The fourth-order valence-electron chi connectivity index (χ4n) is 2.32. The summed E-state index contributed by atoms with van der Waals surface area (Å²) in [5, 5.41) is 13.5. The molecule has 31 heavy (non-hydrogen) atoms. The van der Waals surface area contributed by atoms with Crippen LogP contribution in [0.5, 0.6) is 17.4 Å². The van der Waals surface area contributed by atoms with Crippen molar-refractivity contribution in [3.63, 3.8) is 0 Å². The average Bonchev–Trinajstić information content (AvgIpc) is 2.71. The smallest absolute Gasteiger partial charge is 0.311 e. The van der Waals surface area contributed by atoms with Crippen molar-refractivity contribution < 1.29 is 23.6 Å². The quantitative estimate of drug-likeness (QED) is 0.294. The van der Waals surface area contributed by atoms with E-state index in [-0.39, 0.29) is 27.6 Å². The molecular formula is C19H13Cl2FN4O5. The van der Waals surface area contributed by atoms with E-state index in [4.69, 9.17) is 32.7 Å². The van der Waals surface area contributed by atoms with Crippen LogP contribution in [-0.2, 0) is 4.79 Å². The van der Waals surface area contributed by atoms with E-state index in [1.165, 1.54) is 43.5 Å². The number of carbonyl (C=O) groups excluding carboxylic acids is 1. The fraction of sp³-hybridized carbons (Fsp3) is 0.105. The molecular weight excluding hydrogens is 454 g/mol. The zero-order valence-corrected chi connectivity index (χ0v) is 17.2. The van der Waals surface area contributed by atoms with Crippen LogP contribution in [0.4, 0.5) is 15.9 Å². The van der Waals surface area contributed by atoms with Crippen molar-refractivity contribution in [1.29, 1.82) is 0 Å². The monoisotopic (exact) mass is 466 g/mol. The molecule has 9 nitrogen and oxygen atoms in total. The molecule has 0 spiro atoms. The number of carbonyl (C=O) groups is 1. The number of hydrogen-bond donors (Lipinski definition) is 1. The second kappa shape index (κ2) is 9.54. The van der Waals surface area contributed by atoms with Crippen molar-refractivity contribution in [2.24, 2.45) is 0 Å². The maximum atomic E-state index is 13.8. The zero-order chi connectivity index (χ0) is 22.5. The summed E-state index contributed by atoms with van der Waals surface area (Å²) in [6.07, 6.45) is 0.221. The molecule has 1 amide bonds. The molecule has 2 heterocycles. The van der Waals surface area contributed by atoms with E-state index in [1.807, 2.05) is 0 Å². The number of benzene rings is 1. The second-order valence-electron chi connectivity index (χ2n) is 6.02. The topological polar surface area (TPSA) is 116 Å². The standard InChI is InChI=1S/C19H13Cl2FN4O5/c1-10(18(27)25-17-15(26(28)29)6-7-16(21)24-17)30-12-2-4-13(5-3-12)31-19-14(22)8-11(20)9-23-19/h2-10H,1H3,(H,24,25,27). The maximum absolute atomic E-state index is 13.8. The molecule has 3 rings (SSSR count). The number of rotatable bonds is 7. The van der Waals surface area contributed by atoms with Gasteiger partial charge in [0.05, 0.1) is 9.95 Å². The molecule has 1 unspecified atom stereocenters. The number of anilines is 1. The molecule has 0 saturated carbocycles. The Morgan fingerprint density at radius 2 is 1.87 bits per heavy atom. The lowest BCUT2D eigenvalue weighted by Gasteiger charge is -2.15. The Kier molecular flexibility index (Phi) is 6.83. The third kappa shape index (κ3) is 5.77. The Bertz CT molecular complexity index is 1130. The van der Waals surface area contributed by atoms with Gasteiger partial charge >= 0.3 is 5.69 Å². The lowest BCUT2D eigenvalue weighted by Crippen LogP contribution is -2.30. The second-order valence-corrected chi connectivity index (χ2v) is 6.85. The highest BCUT2D eigenvalue weighted by atomic mass is 35.5. The molecule has 0 aliphatic heterocycles. The number of amides is 1. The van der Waals surface area contributed by atoms with Crippen LogP contribution in [0.1, 0.15) is 6.92 Å². The molecule has 0 aliphatic carbocycles. The molecule has 0 fully saturated rings. The Labute approximate surface area is 184 Å². The predicted molar refractivity (Wildman–Crippen MR) is 110 cm³/mol. The van der Waals surface area contributed by atoms with Crippen LogP contribution in [0.3, 0.4) is 0 Å². The largest absolute Gasteiger partial charge is 0.481 e. The van der Waals surface area contributed by atoms with Crippen LogP contribution >= 0.6 is 23.2 Å².